The summed E-state index contributed by atoms with van der Waals surface area (Å²) in [6.07, 6.45) is 3.17. The molecule has 0 unspecified atom stereocenters. The van der Waals surface area contributed by atoms with E-state index in [0.717, 1.165) is 12.8 Å². The molecule has 5 nitrogen and oxygen atoms in total. The molecule has 0 aromatic heterocycles. The van der Waals surface area contributed by atoms with Gasteiger partial charge in [-0.1, -0.05) is 20.8 Å². The molecule has 2 aliphatic carbocycles. The molecule has 1 aromatic rings. The van der Waals surface area contributed by atoms with Crippen LogP contribution in [-0.2, 0) is 9.53 Å². The quantitative estimate of drug-likeness (QED) is 0.609. The first-order valence-electron chi connectivity index (χ1n) is 8.76. The van der Waals surface area contributed by atoms with Gasteiger partial charge in [0.2, 0.25) is 0 Å². The Morgan fingerprint density at radius 3 is 2.40 bits per heavy atom. The molecule has 25 heavy (non-hydrogen) atoms. The van der Waals surface area contributed by atoms with E-state index in [2.05, 4.69) is 20.8 Å². The van der Waals surface area contributed by atoms with Gasteiger partial charge in [0.1, 0.15) is 6.10 Å². The molecule has 0 saturated heterocycles. The number of esters is 2. The van der Waals surface area contributed by atoms with Crippen LogP contribution in [0.5, 0.6) is 11.5 Å². The van der Waals surface area contributed by atoms with Crippen molar-refractivity contribution in [1.29, 1.82) is 0 Å². The first-order valence-corrected chi connectivity index (χ1v) is 8.76. The molecule has 2 bridgehead atoms. The first-order chi connectivity index (χ1) is 11.7. The number of carbonyl (C=O) groups excluding carboxylic acids is 2. The number of hydrogen-bond acceptors (Lipinski definition) is 5. The largest absolute Gasteiger partial charge is 0.493 e. The second kappa shape index (κ2) is 6.04. The van der Waals surface area contributed by atoms with E-state index in [4.69, 9.17) is 14.2 Å². The third-order valence-corrected chi connectivity index (χ3v) is 6.62. The van der Waals surface area contributed by atoms with Gasteiger partial charge in [0.25, 0.3) is 0 Å². The maximum absolute atomic E-state index is 12.6. The molecule has 1 aromatic carbocycles. The van der Waals surface area contributed by atoms with Gasteiger partial charge in [-0.05, 0) is 48.8 Å². The summed E-state index contributed by atoms with van der Waals surface area (Å²) in [5.74, 6) is 0.438. The van der Waals surface area contributed by atoms with Gasteiger partial charge in [-0.15, -0.1) is 0 Å². The lowest BCUT2D eigenvalue weighted by Crippen LogP contribution is -2.38. The molecular weight excluding hydrogens is 320 g/mol. The Balaban J connectivity index is 1.77. The lowest BCUT2D eigenvalue weighted by atomic mass is 9.70. The Kier molecular flexibility index (Phi) is 4.30. The highest BCUT2D eigenvalue weighted by atomic mass is 16.6. The van der Waals surface area contributed by atoms with Crippen LogP contribution >= 0.6 is 0 Å². The number of rotatable bonds is 4. The number of methoxy groups -OCH3 is 1. The van der Waals surface area contributed by atoms with Crippen molar-refractivity contribution in [3.63, 3.8) is 0 Å². The molecule has 3 rings (SSSR count). The molecular formula is C20H26O5. The topological polar surface area (TPSA) is 61.8 Å². The smallest absolute Gasteiger partial charge is 0.338 e. The molecule has 0 aliphatic heterocycles. The molecule has 2 saturated carbocycles. The maximum atomic E-state index is 12.6. The Morgan fingerprint density at radius 1 is 1.16 bits per heavy atom. The summed E-state index contributed by atoms with van der Waals surface area (Å²) in [5, 5.41) is 0. The van der Waals surface area contributed by atoms with Crippen LogP contribution in [0.1, 0.15) is 57.3 Å². The molecule has 3 atom stereocenters. The number of fused-ring (bicyclic) bond motifs is 2. The lowest BCUT2D eigenvalue weighted by Gasteiger charge is -2.38. The fraction of sp³-hybridized carbons (Fsp3) is 0.600. The summed E-state index contributed by atoms with van der Waals surface area (Å²) in [6.45, 7) is 8.13. The van der Waals surface area contributed by atoms with Gasteiger partial charge < -0.3 is 14.2 Å². The standard InChI is InChI=1S/C20H26O5/c1-12(21)24-15-7-6-13(10-16(15)23-5)18(22)25-17-11-14-8-9-20(17,4)19(14,2)3/h6-7,10,14,17H,8-9,11H2,1-5H3/t14-,17+,20+/m1/s1. The number of ether oxygens (including phenoxy) is 3. The van der Waals surface area contributed by atoms with E-state index in [-0.39, 0.29) is 22.9 Å². The molecule has 0 N–H and O–H groups in total. The van der Waals surface area contributed by atoms with Gasteiger partial charge in [0, 0.05) is 12.3 Å². The minimum Gasteiger partial charge on any atom is -0.493 e. The minimum absolute atomic E-state index is 0.0229. The van der Waals surface area contributed by atoms with E-state index in [1.165, 1.54) is 20.5 Å². The lowest BCUT2D eigenvalue weighted by molar-refractivity contribution is -0.132. The summed E-state index contributed by atoms with van der Waals surface area (Å²) in [4.78, 5) is 23.8. The van der Waals surface area contributed by atoms with Crippen molar-refractivity contribution in [1.82, 2.24) is 0 Å². The second-order valence-electron chi connectivity index (χ2n) is 7.96. The maximum Gasteiger partial charge on any atom is 0.338 e. The Hall–Kier alpha value is -2.04. The van der Waals surface area contributed by atoms with Crippen molar-refractivity contribution in [3.05, 3.63) is 23.8 Å². The Labute approximate surface area is 148 Å². The summed E-state index contributed by atoms with van der Waals surface area (Å²) < 4.78 is 16.2. The predicted octanol–water partition coefficient (Wildman–Crippen LogP) is 3.99. The van der Waals surface area contributed by atoms with Gasteiger partial charge in [-0.3, -0.25) is 4.79 Å². The van der Waals surface area contributed by atoms with Gasteiger partial charge in [-0.25, -0.2) is 4.79 Å². The predicted molar refractivity (Wildman–Crippen MR) is 92.7 cm³/mol. The first kappa shape index (κ1) is 17.8. The van der Waals surface area contributed by atoms with Crippen molar-refractivity contribution in [3.8, 4) is 11.5 Å². The van der Waals surface area contributed by atoms with Crippen LogP contribution in [0.15, 0.2) is 18.2 Å². The minimum atomic E-state index is -0.439. The van der Waals surface area contributed by atoms with Crippen molar-refractivity contribution in [2.45, 2.75) is 53.1 Å². The summed E-state index contributed by atoms with van der Waals surface area (Å²) in [5.41, 5.74) is 0.612. The van der Waals surface area contributed by atoms with Gasteiger partial charge in [0.15, 0.2) is 11.5 Å². The molecule has 0 radical (unpaired) electrons. The summed E-state index contributed by atoms with van der Waals surface area (Å²) in [7, 11) is 1.47. The van der Waals surface area contributed by atoms with Gasteiger partial charge >= 0.3 is 11.9 Å². The number of benzene rings is 1. The fourth-order valence-corrected chi connectivity index (χ4v) is 4.54. The van der Waals surface area contributed by atoms with Crippen LogP contribution in [0.25, 0.3) is 0 Å². The van der Waals surface area contributed by atoms with Gasteiger partial charge in [0.05, 0.1) is 12.7 Å². The Bertz CT molecular complexity index is 708. The average Bonchev–Trinajstić information content (AvgIpc) is 2.88. The fourth-order valence-electron chi connectivity index (χ4n) is 4.54. The van der Waals surface area contributed by atoms with Gasteiger partial charge in [-0.2, -0.15) is 0 Å². The monoisotopic (exact) mass is 346 g/mol. The van der Waals surface area contributed by atoms with Crippen molar-refractivity contribution >= 4 is 11.9 Å². The SMILES string of the molecule is COc1cc(C(=O)O[C@H]2C[C@H]3CC[C@]2(C)C3(C)C)ccc1OC(C)=O. The van der Waals surface area contributed by atoms with E-state index in [1.807, 2.05) is 0 Å². The third-order valence-electron chi connectivity index (χ3n) is 6.62. The van der Waals surface area contributed by atoms with Crippen LogP contribution in [-0.4, -0.2) is 25.2 Å². The highest BCUT2D eigenvalue weighted by Crippen LogP contribution is 2.66. The zero-order valence-electron chi connectivity index (χ0n) is 15.5. The van der Waals surface area contributed by atoms with Crippen molar-refractivity contribution in [2.24, 2.45) is 16.7 Å². The molecule has 2 fully saturated rings. The average molecular weight is 346 g/mol. The summed E-state index contributed by atoms with van der Waals surface area (Å²) >= 11 is 0. The molecule has 5 heteroatoms. The van der Waals surface area contributed by atoms with E-state index in [9.17, 15) is 9.59 Å². The normalized spacial score (nSPS) is 29.3. The highest BCUT2D eigenvalue weighted by Gasteiger charge is 2.62. The molecule has 0 spiro atoms. The van der Waals surface area contributed by atoms with E-state index in [1.54, 1.807) is 18.2 Å². The zero-order valence-corrected chi connectivity index (χ0v) is 15.5. The molecule has 136 valence electrons. The third kappa shape index (κ3) is 2.79. The van der Waals surface area contributed by atoms with Crippen LogP contribution in [0.4, 0.5) is 0 Å². The highest BCUT2D eigenvalue weighted by molar-refractivity contribution is 5.90. The molecule has 2 aliphatic rings. The van der Waals surface area contributed by atoms with Crippen LogP contribution in [0.3, 0.4) is 0 Å². The zero-order chi connectivity index (χ0) is 18.4. The number of hydrogen-bond donors (Lipinski definition) is 0. The summed E-state index contributed by atoms with van der Waals surface area (Å²) in [6, 6.07) is 4.72. The Morgan fingerprint density at radius 2 is 1.88 bits per heavy atom. The second-order valence-corrected chi connectivity index (χ2v) is 7.96. The molecule has 0 amide bonds. The van der Waals surface area contributed by atoms with E-state index < -0.39 is 5.97 Å². The number of carbonyl (C=O) groups is 2. The molecule has 0 heterocycles. The van der Waals surface area contributed by atoms with Crippen LogP contribution in [0.2, 0.25) is 0 Å². The van der Waals surface area contributed by atoms with Crippen molar-refractivity contribution in [2.75, 3.05) is 7.11 Å². The van der Waals surface area contributed by atoms with Crippen LogP contribution in [0, 0.1) is 16.7 Å². The van der Waals surface area contributed by atoms with Crippen LogP contribution < -0.4 is 9.47 Å². The van der Waals surface area contributed by atoms with Crippen molar-refractivity contribution < 1.29 is 23.8 Å². The van der Waals surface area contributed by atoms with E-state index >= 15 is 0 Å². The van der Waals surface area contributed by atoms with E-state index in [0.29, 0.717) is 23.0 Å².